The van der Waals surface area contributed by atoms with Gasteiger partial charge in [0.2, 0.25) is 0 Å². The Bertz CT molecular complexity index is 499. The quantitative estimate of drug-likeness (QED) is 0.747. The summed E-state index contributed by atoms with van der Waals surface area (Å²) in [6.07, 6.45) is 4.53. The summed E-state index contributed by atoms with van der Waals surface area (Å²) in [5.74, 6) is 0. The molecule has 0 saturated heterocycles. The van der Waals surface area contributed by atoms with Gasteiger partial charge in [-0.3, -0.25) is 4.98 Å². The van der Waals surface area contributed by atoms with Gasteiger partial charge in [0.05, 0.1) is 0 Å². The molecule has 88 valence electrons. The Hall–Kier alpha value is -0.860. The van der Waals surface area contributed by atoms with Crippen LogP contribution in [0.15, 0.2) is 42.7 Å². The number of alkyl halides is 1. The molecule has 0 radical (unpaired) electrons. The highest BCUT2D eigenvalue weighted by Gasteiger charge is 2.13. The molecule has 1 atom stereocenters. The van der Waals surface area contributed by atoms with E-state index in [-0.39, 0.29) is 4.83 Å². The maximum absolute atomic E-state index is 6.31. The molecule has 0 aliphatic rings. The number of aromatic nitrogens is 1. The highest BCUT2D eigenvalue weighted by molar-refractivity contribution is 9.09. The number of pyridine rings is 1. The number of halogens is 2. The van der Waals surface area contributed by atoms with E-state index in [9.17, 15) is 0 Å². The van der Waals surface area contributed by atoms with Crippen LogP contribution in [-0.4, -0.2) is 4.98 Å². The van der Waals surface area contributed by atoms with Crippen molar-refractivity contribution in [2.24, 2.45) is 0 Å². The Morgan fingerprint density at radius 2 is 1.94 bits per heavy atom. The van der Waals surface area contributed by atoms with Crippen molar-refractivity contribution < 1.29 is 0 Å². The molecule has 0 N–H and O–H groups in total. The zero-order valence-corrected chi connectivity index (χ0v) is 11.9. The first-order chi connectivity index (χ1) is 8.18. The lowest BCUT2D eigenvalue weighted by Crippen LogP contribution is -1.97. The molecular formula is C14H13BrClN. The third-order valence-electron chi connectivity index (χ3n) is 2.72. The fraction of sp³-hybridized carbons (Fsp3) is 0.214. The van der Waals surface area contributed by atoms with E-state index in [1.807, 2.05) is 43.6 Å². The van der Waals surface area contributed by atoms with Gasteiger partial charge in [-0.1, -0.05) is 45.7 Å². The van der Waals surface area contributed by atoms with Crippen molar-refractivity contribution in [1.29, 1.82) is 0 Å². The number of hydrogen-bond donors (Lipinski definition) is 0. The zero-order chi connectivity index (χ0) is 12.3. The van der Waals surface area contributed by atoms with Crippen molar-refractivity contribution in [3.05, 3.63) is 64.4 Å². The van der Waals surface area contributed by atoms with Crippen molar-refractivity contribution in [3.8, 4) is 0 Å². The van der Waals surface area contributed by atoms with E-state index in [1.165, 1.54) is 5.56 Å². The minimum absolute atomic E-state index is 0.234. The van der Waals surface area contributed by atoms with Crippen LogP contribution >= 0.6 is 27.5 Å². The molecule has 1 nitrogen and oxygen atoms in total. The predicted octanol–water partition coefficient (Wildman–Crippen LogP) is 4.72. The first-order valence-corrected chi connectivity index (χ1v) is 6.76. The fourth-order valence-corrected chi connectivity index (χ4v) is 2.89. The van der Waals surface area contributed by atoms with E-state index in [0.29, 0.717) is 0 Å². The van der Waals surface area contributed by atoms with Crippen LogP contribution in [-0.2, 0) is 6.42 Å². The molecule has 0 amide bonds. The van der Waals surface area contributed by atoms with Gasteiger partial charge in [-0.25, -0.2) is 0 Å². The largest absolute Gasteiger partial charge is 0.265 e. The second-order valence-electron chi connectivity index (χ2n) is 4.01. The fourth-order valence-electron chi connectivity index (χ4n) is 1.75. The van der Waals surface area contributed by atoms with Gasteiger partial charge in [0, 0.05) is 22.2 Å². The molecule has 0 saturated carbocycles. The summed E-state index contributed by atoms with van der Waals surface area (Å²) in [4.78, 5) is 4.25. The van der Waals surface area contributed by atoms with Gasteiger partial charge in [0.1, 0.15) is 0 Å². The molecule has 1 heterocycles. The maximum atomic E-state index is 6.31. The molecule has 3 heteroatoms. The number of aryl methyl sites for hydroxylation is 1. The minimum Gasteiger partial charge on any atom is -0.265 e. The van der Waals surface area contributed by atoms with Crippen molar-refractivity contribution >= 4 is 27.5 Å². The molecule has 1 aromatic carbocycles. The Kier molecular flexibility index (Phi) is 4.19. The molecule has 0 spiro atoms. The van der Waals surface area contributed by atoms with Gasteiger partial charge < -0.3 is 0 Å². The van der Waals surface area contributed by atoms with Gasteiger partial charge in [0.25, 0.3) is 0 Å². The first-order valence-electron chi connectivity index (χ1n) is 5.46. The molecule has 0 fully saturated rings. The standard InChI is InChI=1S/C14H13BrClN/c1-10-3-2-4-12(14(10)16)13(15)9-11-5-7-17-8-6-11/h2-8,13H,9H2,1H3. The van der Waals surface area contributed by atoms with Crippen molar-refractivity contribution in [1.82, 2.24) is 4.98 Å². The lowest BCUT2D eigenvalue weighted by Gasteiger charge is -2.13. The van der Waals surface area contributed by atoms with Crippen LogP contribution in [0, 0.1) is 6.92 Å². The summed E-state index contributed by atoms with van der Waals surface area (Å²) >= 11 is 10.0. The van der Waals surface area contributed by atoms with Crippen molar-refractivity contribution in [2.45, 2.75) is 18.2 Å². The monoisotopic (exact) mass is 309 g/mol. The average molecular weight is 311 g/mol. The van der Waals surface area contributed by atoms with Gasteiger partial charge in [-0.15, -0.1) is 0 Å². The smallest absolute Gasteiger partial charge is 0.0478 e. The lowest BCUT2D eigenvalue weighted by atomic mass is 10.0. The second kappa shape index (κ2) is 5.65. The van der Waals surface area contributed by atoms with Crippen LogP contribution < -0.4 is 0 Å². The summed E-state index contributed by atoms with van der Waals surface area (Å²) in [6, 6.07) is 10.2. The summed E-state index contributed by atoms with van der Waals surface area (Å²) in [6.45, 7) is 2.03. The Morgan fingerprint density at radius 3 is 2.65 bits per heavy atom. The van der Waals surface area contributed by atoms with Crippen LogP contribution in [0.25, 0.3) is 0 Å². The summed E-state index contributed by atoms with van der Waals surface area (Å²) in [7, 11) is 0. The normalized spacial score (nSPS) is 12.4. The van der Waals surface area contributed by atoms with Gasteiger partial charge in [-0.05, 0) is 42.2 Å². The molecule has 2 aromatic rings. The van der Waals surface area contributed by atoms with Crippen LogP contribution in [0.2, 0.25) is 5.02 Å². The third-order valence-corrected chi connectivity index (χ3v) is 4.06. The van der Waals surface area contributed by atoms with E-state index >= 15 is 0 Å². The summed E-state index contributed by atoms with van der Waals surface area (Å²) in [5.41, 5.74) is 3.51. The van der Waals surface area contributed by atoms with Crippen LogP contribution in [0.4, 0.5) is 0 Å². The summed E-state index contributed by atoms with van der Waals surface area (Å²) < 4.78 is 0. The molecule has 2 rings (SSSR count). The van der Waals surface area contributed by atoms with E-state index in [0.717, 1.165) is 22.6 Å². The highest BCUT2D eigenvalue weighted by Crippen LogP contribution is 2.33. The molecule has 1 aromatic heterocycles. The van der Waals surface area contributed by atoms with Crippen LogP contribution in [0.5, 0.6) is 0 Å². The van der Waals surface area contributed by atoms with E-state index in [2.05, 4.69) is 27.0 Å². The number of rotatable bonds is 3. The Labute approximate surface area is 115 Å². The second-order valence-corrected chi connectivity index (χ2v) is 5.49. The van der Waals surface area contributed by atoms with Gasteiger partial charge >= 0.3 is 0 Å². The Morgan fingerprint density at radius 1 is 1.24 bits per heavy atom. The molecule has 0 bridgehead atoms. The van der Waals surface area contributed by atoms with Crippen molar-refractivity contribution in [3.63, 3.8) is 0 Å². The minimum atomic E-state index is 0.234. The zero-order valence-electron chi connectivity index (χ0n) is 9.53. The van der Waals surface area contributed by atoms with Gasteiger partial charge in [0.15, 0.2) is 0 Å². The molecular weight excluding hydrogens is 298 g/mol. The number of benzene rings is 1. The SMILES string of the molecule is Cc1cccc(C(Br)Cc2ccncc2)c1Cl. The predicted molar refractivity (Wildman–Crippen MR) is 75.8 cm³/mol. The molecule has 0 aliphatic carbocycles. The first kappa shape index (κ1) is 12.6. The Balaban J connectivity index is 2.20. The van der Waals surface area contributed by atoms with Crippen LogP contribution in [0.3, 0.4) is 0 Å². The topological polar surface area (TPSA) is 12.9 Å². The van der Waals surface area contributed by atoms with E-state index in [1.54, 1.807) is 0 Å². The maximum Gasteiger partial charge on any atom is 0.0478 e. The summed E-state index contributed by atoms with van der Waals surface area (Å²) in [5, 5.41) is 0.850. The molecule has 1 unspecified atom stereocenters. The average Bonchev–Trinajstić information content (AvgIpc) is 2.34. The number of nitrogens with zero attached hydrogens (tertiary/aromatic N) is 1. The van der Waals surface area contributed by atoms with E-state index in [4.69, 9.17) is 11.6 Å². The molecule has 17 heavy (non-hydrogen) atoms. The van der Waals surface area contributed by atoms with Crippen molar-refractivity contribution in [2.75, 3.05) is 0 Å². The number of hydrogen-bond acceptors (Lipinski definition) is 1. The van der Waals surface area contributed by atoms with Crippen LogP contribution in [0.1, 0.15) is 21.5 Å². The third kappa shape index (κ3) is 3.08. The lowest BCUT2D eigenvalue weighted by molar-refractivity contribution is 0.943. The van der Waals surface area contributed by atoms with Gasteiger partial charge in [-0.2, -0.15) is 0 Å². The van der Waals surface area contributed by atoms with E-state index < -0.39 is 0 Å². The highest BCUT2D eigenvalue weighted by atomic mass is 79.9. The molecule has 0 aliphatic heterocycles.